The van der Waals surface area contributed by atoms with E-state index in [1.807, 2.05) is 0 Å². The summed E-state index contributed by atoms with van der Waals surface area (Å²) in [5, 5.41) is 4.16. The molecule has 1 aliphatic rings. The predicted molar refractivity (Wildman–Crippen MR) is 58.8 cm³/mol. The van der Waals surface area contributed by atoms with E-state index in [0.29, 0.717) is 5.92 Å². The Hall–Kier alpha value is -1.16. The molecule has 2 heterocycles. The van der Waals surface area contributed by atoms with Crippen LogP contribution in [0.5, 0.6) is 0 Å². The first kappa shape index (κ1) is 10.4. The topological polar surface area (TPSA) is 38.1 Å². The van der Waals surface area contributed by atoms with Gasteiger partial charge < -0.3 is 4.90 Å². The summed E-state index contributed by atoms with van der Waals surface area (Å²) in [6, 6.07) is 3.53. The molecule has 15 heavy (non-hydrogen) atoms. The number of likely N-dealkylation sites (tertiary alicyclic amines) is 1. The van der Waals surface area contributed by atoms with Gasteiger partial charge in [-0.25, -0.2) is 4.68 Å². The Labute approximate surface area is 89.5 Å². The van der Waals surface area contributed by atoms with Crippen molar-refractivity contribution in [2.75, 3.05) is 20.1 Å². The van der Waals surface area contributed by atoms with Crippen LogP contribution in [-0.4, -0.2) is 34.8 Å². The van der Waals surface area contributed by atoms with Gasteiger partial charge in [-0.15, -0.1) is 0 Å². The molecule has 0 spiro atoms. The number of piperidine rings is 1. The van der Waals surface area contributed by atoms with E-state index in [9.17, 15) is 4.79 Å². The van der Waals surface area contributed by atoms with E-state index in [1.165, 1.54) is 0 Å². The smallest absolute Gasteiger partial charge is 0.266 e. The summed E-state index contributed by atoms with van der Waals surface area (Å²) >= 11 is 0. The number of aromatic nitrogens is 2. The van der Waals surface area contributed by atoms with Crippen LogP contribution in [0, 0.1) is 5.92 Å². The summed E-state index contributed by atoms with van der Waals surface area (Å²) in [6.45, 7) is 4.26. The van der Waals surface area contributed by atoms with E-state index >= 15 is 0 Å². The molecule has 82 valence electrons. The molecule has 1 fully saturated rings. The molecule has 4 nitrogen and oxygen atoms in total. The molecule has 0 aromatic carbocycles. The molecule has 1 aliphatic heterocycles. The Morgan fingerprint density at radius 1 is 1.53 bits per heavy atom. The van der Waals surface area contributed by atoms with Gasteiger partial charge in [0.25, 0.3) is 5.56 Å². The maximum atomic E-state index is 11.6. The normalized spacial score (nSPS) is 27.9. The molecule has 1 aromatic heterocycles. The van der Waals surface area contributed by atoms with Crippen molar-refractivity contribution >= 4 is 0 Å². The van der Waals surface area contributed by atoms with Gasteiger partial charge in [-0.3, -0.25) is 4.79 Å². The minimum absolute atomic E-state index is 0.0129. The number of hydrogen-bond donors (Lipinski definition) is 0. The zero-order valence-electron chi connectivity index (χ0n) is 9.26. The summed E-state index contributed by atoms with van der Waals surface area (Å²) in [5.74, 6) is 0.483. The SMILES string of the molecule is CC1CN(C)CCC1n1ncccc1=O. The molecule has 2 rings (SSSR count). The molecule has 0 amide bonds. The quantitative estimate of drug-likeness (QED) is 0.682. The lowest BCUT2D eigenvalue weighted by molar-refractivity contribution is 0.147. The van der Waals surface area contributed by atoms with Crippen molar-refractivity contribution in [1.82, 2.24) is 14.7 Å². The van der Waals surface area contributed by atoms with E-state index in [4.69, 9.17) is 0 Å². The lowest BCUT2D eigenvalue weighted by atomic mass is 9.94. The number of hydrogen-bond acceptors (Lipinski definition) is 3. The highest BCUT2D eigenvalue weighted by Crippen LogP contribution is 2.24. The average Bonchev–Trinajstić information content (AvgIpc) is 2.20. The Morgan fingerprint density at radius 3 is 3.00 bits per heavy atom. The summed E-state index contributed by atoms with van der Waals surface area (Å²) < 4.78 is 1.64. The fourth-order valence-corrected chi connectivity index (χ4v) is 2.32. The van der Waals surface area contributed by atoms with Crippen molar-refractivity contribution in [3.63, 3.8) is 0 Å². The molecule has 2 unspecified atom stereocenters. The molecule has 1 saturated heterocycles. The number of nitrogens with zero attached hydrogens (tertiary/aromatic N) is 3. The van der Waals surface area contributed by atoms with Gasteiger partial charge in [0, 0.05) is 18.8 Å². The van der Waals surface area contributed by atoms with Crippen LogP contribution in [0.2, 0.25) is 0 Å². The van der Waals surface area contributed by atoms with Gasteiger partial charge in [-0.05, 0) is 32.0 Å². The highest BCUT2D eigenvalue weighted by molar-refractivity contribution is 4.89. The molecule has 0 N–H and O–H groups in total. The highest BCUT2D eigenvalue weighted by atomic mass is 16.1. The third kappa shape index (κ3) is 2.09. The van der Waals surface area contributed by atoms with E-state index < -0.39 is 0 Å². The standard InChI is InChI=1S/C11H17N3O/c1-9-8-13(2)7-5-10(9)14-11(15)4-3-6-12-14/h3-4,6,9-10H,5,7-8H2,1-2H3. The molecular formula is C11H17N3O. The van der Waals surface area contributed by atoms with Gasteiger partial charge in [0.2, 0.25) is 0 Å². The Bertz CT molecular complexity index is 387. The van der Waals surface area contributed by atoms with Gasteiger partial charge in [0.15, 0.2) is 0 Å². The molecular weight excluding hydrogens is 190 g/mol. The van der Waals surface area contributed by atoms with Crippen molar-refractivity contribution in [3.05, 3.63) is 28.7 Å². The van der Waals surface area contributed by atoms with Gasteiger partial charge in [-0.2, -0.15) is 5.10 Å². The summed E-state index contributed by atoms with van der Waals surface area (Å²) in [6.07, 6.45) is 2.70. The first-order valence-electron chi connectivity index (χ1n) is 5.41. The Morgan fingerprint density at radius 2 is 2.33 bits per heavy atom. The van der Waals surface area contributed by atoms with Gasteiger partial charge in [0.05, 0.1) is 6.04 Å². The van der Waals surface area contributed by atoms with Crippen LogP contribution in [0.4, 0.5) is 0 Å². The summed E-state index contributed by atoms with van der Waals surface area (Å²) in [5.41, 5.74) is 0.0129. The van der Waals surface area contributed by atoms with Crippen molar-refractivity contribution < 1.29 is 0 Å². The molecule has 0 aliphatic carbocycles. The van der Waals surface area contributed by atoms with Gasteiger partial charge in [-0.1, -0.05) is 6.92 Å². The van der Waals surface area contributed by atoms with Crippen LogP contribution in [-0.2, 0) is 0 Å². The molecule has 2 atom stereocenters. The monoisotopic (exact) mass is 207 g/mol. The Balaban J connectivity index is 2.24. The van der Waals surface area contributed by atoms with Crippen molar-refractivity contribution in [2.45, 2.75) is 19.4 Å². The van der Waals surface area contributed by atoms with Crippen LogP contribution < -0.4 is 5.56 Å². The minimum atomic E-state index is 0.0129. The largest absolute Gasteiger partial charge is 0.306 e. The zero-order chi connectivity index (χ0) is 10.8. The van der Waals surface area contributed by atoms with Crippen LogP contribution in [0.15, 0.2) is 23.1 Å². The van der Waals surface area contributed by atoms with Crippen LogP contribution in [0.1, 0.15) is 19.4 Å². The number of rotatable bonds is 1. The summed E-state index contributed by atoms with van der Waals surface area (Å²) in [7, 11) is 2.12. The maximum absolute atomic E-state index is 11.6. The minimum Gasteiger partial charge on any atom is -0.306 e. The lowest BCUT2D eigenvalue weighted by Crippen LogP contribution is -2.41. The van der Waals surface area contributed by atoms with Crippen LogP contribution in [0.3, 0.4) is 0 Å². The second-order valence-corrected chi connectivity index (χ2v) is 4.40. The average molecular weight is 207 g/mol. The first-order chi connectivity index (χ1) is 7.18. The second kappa shape index (κ2) is 4.14. The highest BCUT2D eigenvalue weighted by Gasteiger charge is 2.26. The maximum Gasteiger partial charge on any atom is 0.266 e. The third-order valence-electron chi connectivity index (χ3n) is 3.12. The predicted octanol–water partition coefficient (Wildman–Crippen LogP) is 0.756. The lowest BCUT2D eigenvalue weighted by Gasteiger charge is -2.34. The molecule has 1 aromatic rings. The zero-order valence-corrected chi connectivity index (χ0v) is 9.26. The van der Waals surface area contributed by atoms with E-state index in [0.717, 1.165) is 19.5 Å². The molecule has 4 heteroatoms. The molecule has 0 bridgehead atoms. The molecule has 0 radical (unpaired) electrons. The second-order valence-electron chi connectivity index (χ2n) is 4.40. The van der Waals surface area contributed by atoms with Gasteiger partial charge >= 0.3 is 0 Å². The fraction of sp³-hybridized carbons (Fsp3) is 0.636. The van der Waals surface area contributed by atoms with Crippen LogP contribution in [0.25, 0.3) is 0 Å². The summed E-state index contributed by atoms with van der Waals surface area (Å²) in [4.78, 5) is 13.9. The van der Waals surface area contributed by atoms with Crippen molar-refractivity contribution in [1.29, 1.82) is 0 Å². The van der Waals surface area contributed by atoms with Crippen molar-refractivity contribution in [3.8, 4) is 0 Å². The van der Waals surface area contributed by atoms with Crippen LogP contribution >= 0.6 is 0 Å². The van der Waals surface area contributed by atoms with Crippen molar-refractivity contribution in [2.24, 2.45) is 5.92 Å². The first-order valence-corrected chi connectivity index (χ1v) is 5.41. The van der Waals surface area contributed by atoms with E-state index in [1.54, 1.807) is 23.0 Å². The van der Waals surface area contributed by atoms with E-state index in [2.05, 4.69) is 24.0 Å². The van der Waals surface area contributed by atoms with E-state index in [-0.39, 0.29) is 11.6 Å². The third-order valence-corrected chi connectivity index (χ3v) is 3.12. The fourth-order valence-electron chi connectivity index (χ4n) is 2.32. The Kier molecular flexibility index (Phi) is 2.86. The van der Waals surface area contributed by atoms with Gasteiger partial charge in [0.1, 0.15) is 0 Å². The molecule has 0 saturated carbocycles.